The minimum absolute atomic E-state index is 0.886. The molecule has 1 aromatic rings. The third kappa shape index (κ3) is 3.26. The summed E-state index contributed by atoms with van der Waals surface area (Å²) in [5, 5.41) is 3.43. The Morgan fingerprint density at radius 2 is 1.94 bits per heavy atom. The van der Waals surface area contributed by atoms with Crippen molar-refractivity contribution in [3.05, 3.63) is 28.8 Å². The third-order valence-corrected chi connectivity index (χ3v) is 3.98. The first-order valence-corrected chi connectivity index (χ1v) is 7.05. The molecule has 1 N–H and O–H groups in total. The number of hydrogen-bond acceptors (Lipinski definition) is 2. The SMILES string of the molecule is COc1c(C)cc(C)cc1CCC1CCNCC1. The molecule has 0 unspecified atom stereocenters. The highest BCUT2D eigenvalue weighted by atomic mass is 16.5. The van der Waals surface area contributed by atoms with E-state index in [2.05, 4.69) is 31.3 Å². The lowest BCUT2D eigenvalue weighted by molar-refractivity contribution is 0.350. The zero-order chi connectivity index (χ0) is 13.0. The van der Waals surface area contributed by atoms with Crippen molar-refractivity contribution in [3.63, 3.8) is 0 Å². The van der Waals surface area contributed by atoms with Gasteiger partial charge >= 0.3 is 0 Å². The summed E-state index contributed by atoms with van der Waals surface area (Å²) < 4.78 is 5.56. The molecule has 0 saturated carbocycles. The third-order valence-electron chi connectivity index (χ3n) is 3.98. The maximum atomic E-state index is 5.56. The van der Waals surface area contributed by atoms with Crippen LogP contribution < -0.4 is 10.1 Å². The van der Waals surface area contributed by atoms with Crippen molar-refractivity contribution in [2.24, 2.45) is 5.92 Å². The second kappa shape index (κ2) is 6.24. The number of piperidine rings is 1. The van der Waals surface area contributed by atoms with Gasteiger partial charge in [-0.2, -0.15) is 0 Å². The van der Waals surface area contributed by atoms with Crippen LogP contribution in [0.2, 0.25) is 0 Å². The maximum Gasteiger partial charge on any atom is 0.124 e. The van der Waals surface area contributed by atoms with Crippen molar-refractivity contribution in [3.8, 4) is 5.75 Å². The summed E-state index contributed by atoms with van der Waals surface area (Å²) in [6.07, 6.45) is 5.09. The molecule has 0 spiro atoms. The van der Waals surface area contributed by atoms with Gasteiger partial charge in [0, 0.05) is 0 Å². The van der Waals surface area contributed by atoms with E-state index in [1.807, 2.05) is 0 Å². The molecule has 1 aliphatic rings. The lowest BCUT2D eigenvalue weighted by Crippen LogP contribution is -2.27. The van der Waals surface area contributed by atoms with Gasteiger partial charge in [0.25, 0.3) is 0 Å². The van der Waals surface area contributed by atoms with Crippen LogP contribution in [0.1, 0.15) is 36.0 Å². The first-order valence-electron chi connectivity index (χ1n) is 7.05. The summed E-state index contributed by atoms with van der Waals surface area (Å²) in [5.74, 6) is 1.98. The highest BCUT2D eigenvalue weighted by molar-refractivity contribution is 5.43. The molecule has 0 aromatic heterocycles. The van der Waals surface area contributed by atoms with E-state index in [0.29, 0.717) is 0 Å². The van der Waals surface area contributed by atoms with Gasteiger partial charge < -0.3 is 10.1 Å². The second-order valence-corrected chi connectivity index (χ2v) is 5.51. The predicted molar refractivity (Wildman–Crippen MR) is 76.4 cm³/mol. The molecular weight excluding hydrogens is 222 g/mol. The van der Waals surface area contributed by atoms with Gasteiger partial charge in [-0.3, -0.25) is 0 Å². The van der Waals surface area contributed by atoms with E-state index in [1.54, 1.807) is 7.11 Å². The van der Waals surface area contributed by atoms with Crippen LogP contribution in [-0.4, -0.2) is 20.2 Å². The van der Waals surface area contributed by atoms with E-state index >= 15 is 0 Å². The number of ether oxygens (including phenoxy) is 1. The minimum atomic E-state index is 0.886. The number of rotatable bonds is 4. The average Bonchev–Trinajstić information content (AvgIpc) is 2.37. The van der Waals surface area contributed by atoms with Crippen LogP contribution in [-0.2, 0) is 6.42 Å². The topological polar surface area (TPSA) is 21.3 Å². The largest absolute Gasteiger partial charge is 0.496 e. The molecule has 1 aromatic carbocycles. The number of methoxy groups -OCH3 is 1. The number of aryl methyl sites for hydroxylation is 3. The van der Waals surface area contributed by atoms with Crippen LogP contribution >= 0.6 is 0 Å². The molecule has 2 rings (SSSR count). The quantitative estimate of drug-likeness (QED) is 0.882. The molecule has 18 heavy (non-hydrogen) atoms. The van der Waals surface area contributed by atoms with E-state index in [4.69, 9.17) is 4.74 Å². The van der Waals surface area contributed by atoms with Crippen molar-refractivity contribution in [1.29, 1.82) is 0 Å². The Labute approximate surface area is 111 Å². The number of benzene rings is 1. The fourth-order valence-corrected chi connectivity index (χ4v) is 3.05. The smallest absolute Gasteiger partial charge is 0.124 e. The summed E-state index contributed by atoms with van der Waals surface area (Å²) in [7, 11) is 1.78. The summed E-state index contributed by atoms with van der Waals surface area (Å²) in [6, 6.07) is 4.49. The second-order valence-electron chi connectivity index (χ2n) is 5.51. The molecular formula is C16H25NO. The fraction of sp³-hybridized carbons (Fsp3) is 0.625. The van der Waals surface area contributed by atoms with Gasteiger partial charge in [-0.15, -0.1) is 0 Å². The highest BCUT2D eigenvalue weighted by Gasteiger charge is 2.14. The highest BCUT2D eigenvalue weighted by Crippen LogP contribution is 2.28. The molecule has 100 valence electrons. The van der Waals surface area contributed by atoms with Crippen molar-refractivity contribution in [1.82, 2.24) is 5.32 Å². The van der Waals surface area contributed by atoms with E-state index in [9.17, 15) is 0 Å². The van der Waals surface area contributed by atoms with Crippen LogP contribution in [0, 0.1) is 19.8 Å². The van der Waals surface area contributed by atoms with Gasteiger partial charge in [-0.25, -0.2) is 0 Å². The van der Waals surface area contributed by atoms with Gasteiger partial charge in [-0.05, 0) is 69.7 Å². The zero-order valence-electron chi connectivity index (χ0n) is 11.9. The predicted octanol–water partition coefficient (Wildman–Crippen LogP) is 3.24. The Morgan fingerprint density at radius 1 is 1.22 bits per heavy atom. The Kier molecular flexibility index (Phi) is 4.65. The van der Waals surface area contributed by atoms with Gasteiger partial charge in [0.05, 0.1) is 7.11 Å². The molecule has 0 amide bonds. The normalized spacial score (nSPS) is 16.8. The molecule has 1 fully saturated rings. The molecule has 1 heterocycles. The average molecular weight is 247 g/mol. The molecule has 2 heteroatoms. The Hall–Kier alpha value is -1.02. The lowest BCUT2D eigenvalue weighted by atomic mass is 9.90. The van der Waals surface area contributed by atoms with Crippen molar-refractivity contribution < 1.29 is 4.74 Å². The Morgan fingerprint density at radius 3 is 2.61 bits per heavy atom. The molecule has 0 aliphatic carbocycles. The van der Waals surface area contributed by atoms with Crippen molar-refractivity contribution in [2.45, 2.75) is 39.5 Å². The molecule has 0 bridgehead atoms. The van der Waals surface area contributed by atoms with Crippen LogP contribution in [0.15, 0.2) is 12.1 Å². The Balaban J connectivity index is 2.03. The van der Waals surface area contributed by atoms with E-state index in [1.165, 1.54) is 49.0 Å². The van der Waals surface area contributed by atoms with E-state index in [-0.39, 0.29) is 0 Å². The zero-order valence-corrected chi connectivity index (χ0v) is 11.9. The number of nitrogens with one attached hydrogen (secondary N) is 1. The minimum Gasteiger partial charge on any atom is -0.496 e. The van der Waals surface area contributed by atoms with Gasteiger partial charge in [0.15, 0.2) is 0 Å². The Bertz CT molecular complexity index is 394. The molecule has 1 saturated heterocycles. The molecule has 2 nitrogen and oxygen atoms in total. The van der Waals surface area contributed by atoms with Crippen molar-refractivity contribution >= 4 is 0 Å². The molecule has 1 aliphatic heterocycles. The first kappa shape index (κ1) is 13.4. The first-order chi connectivity index (χ1) is 8.70. The summed E-state index contributed by atoms with van der Waals surface area (Å²) >= 11 is 0. The van der Waals surface area contributed by atoms with E-state index in [0.717, 1.165) is 18.1 Å². The summed E-state index contributed by atoms with van der Waals surface area (Å²) in [4.78, 5) is 0. The summed E-state index contributed by atoms with van der Waals surface area (Å²) in [5.41, 5.74) is 3.99. The van der Waals surface area contributed by atoms with Crippen LogP contribution in [0.5, 0.6) is 5.75 Å². The van der Waals surface area contributed by atoms with Crippen LogP contribution in [0.25, 0.3) is 0 Å². The standard InChI is InChI=1S/C16H25NO/c1-12-10-13(2)16(18-3)15(11-12)5-4-14-6-8-17-9-7-14/h10-11,14,17H,4-9H2,1-3H3. The van der Waals surface area contributed by atoms with E-state index < -0.39 is 0 Å². The summed E-state index contributed by atoms with van der Waals surface area (Å²) in [6.45, 7) is 6.68. The van der Waals surface area contributed by atoms with Gasteiger partial charge in [0.1, 0.15) is 5.75 Å². The monoisotopic (exact) mass is 247 g/mol. The van der Waals surface area contributed by atoms with Crippen molar-refractivity contribution in [2.75, 3.05) is 20.2 Å². The van der Waals surface area contributed by atoms with Gasteiger partial charge in [-0.1, -0.05) is 17.7 Å². The molecule has 0 radical (unpaired) electrons. The van der Waals surface area contributed by atoms with Gasteiger partial charge in [0.2, 0.25) is 0 Å². The maximum absolute atomic E-state index is 5.56. The van der Waals surface area contributed by atoms with Crippen LogP contribution in [0.3, 0.4) is 0 Å². The lowest BCUT2D eigenvalue weighted by Gasteiger charge is -2.23. The van der Waals surface area contributed by atoms with Crippen LogP contribution in [0.4, 0.5) is 0 Å². The molecule has 0 atom stereocenters. The number of hydrogen-bond donors (Lipinski definition) is 1. The fourth-order valence-electron chi connectivity index (χ4n) is 3.05.